The number of fused-ring (bicyclic) bond motifs is 1. The summed E-state index contributed by atoms with van der Waals surface area (Å²) in [5, 5.41) is 9.98. The molecule has 0 fully saturated rings. The van der Waals surface area contributed by atoms with E-state index in [2.05, 4.69) is 15.0 Å². The van der Waals surface area contributed by atoms with Crippen molar-refractivity contribution in [1.29, 1.82) is 0 Å². The van der Waals surface area contributed by atoms with Crippen LogP contribution in [-0.2, 0) is 0 Å². The van der Waals surface area contributed by atoms with Gasteiger partial charge in [-0.15, -0.1) is 0 Å². The van der Waals surface area contributed by atoms with E-state index in [1.165, 1.54) is 0 Å². The summed E-state index contributed by atoms with van der Waals surface area (Å²) in [5.41, 5.74) is 3.32. The van der Waals surface area contributed by atoms with Crippen molar-refractivity contribution in [3.05, 3.63) is 42.2 Å². The second-order valence-corrected chi connectivity index (χ2v) is 4.87. The maximum absolute atomic E-state index is 9.98. The molecule has 3 rings (SSSR count). The van der Waals surface area contributed by atoms with Crippen LogP contribution in [0.2, 0.25) is 0 Å². The van der Waals surface area contributed by atoms with Crippen molar-refractivity contribution in [2.45, 2.75) is 19.8 Å². The van der Waals surface area contributed by atoms with Gasteiger partial charge >= 0.3 is 0 Å². The summed E-state index contributed by atoms with van der Waals surface area (Å²) in [7, 11) is 0. The lowest BCUT2D eigenvalue weighted by molar-refractivity contribution is 0.453. The fraction of sp³-hybridized carbons (Fsp3) is 0.200. The van der Waals surface area contributed by atoms with Crippen molar-refractivity contribution < 1.29 is 5.11 Å². The van der Waals surface area contributed by atoms with Gasteiger partial charge in [0.25, 0.3) is 0 Å². The number of nitrogens with zero attached hydrogens (tertiary/aromatic N) is 2. The van der Waals surface area contributed by atoms with Gasteiger partial charge in [0.1, 0.15) is 11.3 Å². The molecule has 2 N–H and O–H groups in total. The highest BCUT2D eigenvalue weighted by Gasteiger charge is 2.12. The Morgan fingerprint density at radius 2 is 1.84 bits per heavy atom. The molecule has 1 aromatic carbocycles. The fourth-order valence-electron chi connectivity index (χ4n) is 2.05. The Morgan fingerprint density at radius 1 is 1.11 bits per heavy atom. The van der Waals surface area contributed by atoms with Crippen LogP contribution in [0.1, 0.15) is 25.6 Å². The van der Waals surface area contributed by atoms with Gasteiger partial charge in [-0.25, -0.2) is 4.98 Å². The molecule has 0 bridgehead atoms. The van der Waals surface area contributed by atoms with Gasteiger partial charge in [-0.3, -0.25) is 0 Å². The Kier molecular flexibility index (Phi) is 2.71. The van der Waals surface area contributed by atoms with Crippen LogP contribution in [0, 0.1) is 0 Å². The molecule has 0 spiro atoms. The van der Waals surface area contributed by atoms with Crippen molar-refractivity contribution in [1.82, 2.24) is 15.0 Å². The SMILES string of the molecule is CC(C)c1nc(O)c2[nH]c(-c3ccccc3)cc2n1. The maximum Gasteiger partial charge on any atom is 0.239 e. The fourth-order valence-corrected chi connectivity index (χ4v) is 2.05. The van der Waals surface area contributed by atoms with Gasteiger partial charge in [0, 0.05) is 11.6 Å². The maximum atomic E-state index is 9.98. The average molecular weight is 253 g/mol. The summed E-state index contributed by atoms with van der Waals surface area (Å²) in [4.78, 5) is 11.8. The first kappa shape index (κ1) is 11.7. The molecule has 4 heteroatoms. The quantitative estimate of drug-likeness (QED) is 0.735. The molecule has 0 radical (unpaired) electrons. The van der Waals surface area contributed by atoms with E-state index >= 15 is 0 Å². The molecule has 0 aliphatic rings. The first-order valence-electron chi connectivity index (χ1n) is 6.30. The summed E-state index contributed by atoms with van der Waals surface area (Å²) in [6.45, 7) is 4.01. The topological polar surface area (TPSA) is 61.8 Å². The van der Waals surface area contributed by atoms with Crippen molar-refractivity contribution >= 4 is 11.0 Å². The van der Waals surface area contributed by atoms with Crippen molar-refractivity contribution in [2.75, 3.05) is 0 Å². The Bertz CT molecular complexity index is 717. The van der Waals surface area contributed by atoms with E-state index in [-0.39, 0.29) is 11.8 Å². The van der Waals surface area contributed by atoms with E-state index < -0.39 is 0 Å². The highest BCUT2D eigenvalue weighted by molar-refractivity contribution is 5.85. The van der Waals surface area contributed by atoms with Gasteiger partial charge in [-0.1, -0.05) is 44.2 Å². The van der Waals surface area contributed by atoms with Crippen LogP contribution >= 0.6 is 0 Å². The molecule has 19 heavy (non-hydrogen) atoms. The summed E-state index contributed by atoms with van der Waals surface area (Å²) in [5.74, 6) is 0.852. The summed E-state index contributed by atoms with van der Waals surface area (Å²) in [6, 6.07) is 11.9. The van der Waals surface area contributed by atoms with E-state index in [0.717, 1.165) is 16.8 Å². The summed E-state index contributed by atoms with van der Waals surface area (Å²) < 4.78 is 0. The number of aromatic nitrogens is 3. The van der Waals surface area contributed by atoms with Gasteiger partial charge in [0.15, 0.2) is 0 Å². The first-order chi connectivity index (χ1) is 9.15. The predicted octanol–water partition coefficient (Wildman–Crippen LogP) is 3.45. The molecule has 0 unspecified atom stereocenters. The minimum Gasteiger partial charge on any atom is -0.492 e. The number of hydrogen-bond acceptors (Lipinski definition) is 3. The molecule has 0 saturated carbocycles. The largest absolute Gasteiger partial charge is 0.492 e. The Balaban J connectivity index is 2.18. The van der Waals surface area contributed by atoms with E-state index in [4.69, 9.17) is 0 Å². The Labute approximate surface area is 111 Å². The zero-order valence-corrected chi connectivity index (χ0v) is 10.9. The Hall–Kier alpha value is -2.36. The highest BCUT2D eigenvalue weighted by Crippen LogP contribution is 2.28. The van der Waals surface area contributed by atoms with Gasteiger partial charge in [0.2, 0.25) is 5.88 Å². The molecule has 4 nitrogen and oxygen atoms in total. The van der Waals surface area contributed by atoms with Gasteiger partial charge in [-0.2, -0.15) is 4.98 Å². The van der Waals surface area contributed by atoms with E-state index in [1.807, 2.05) is 50.2 Å². The van der Waals surface area contributed by atoms with Crippen LogP contribution in [0.5, 0.6) is 5.88 Å². The van der Waals surface area contributed by atoms with Crippen LogP contribution in [0.4, 0.5) is 0 Å². The smallest absolute Gasteiger partial charge is 0.239 e. The molecule has 0 amide bonds. The third kappa shape index (κ3) is 2.05. The predicted molar refractivity (Wildman–Crippen MR) is 75.1 cm³/mol. The number of hydrogen-bond donors (Lipinski definition) is 2. The number of H-pyrrole nitrogens is 1. The highest BCUT2D eigenvalue weighted by atomic mass is 16.3. The van der Waals surface area contributed by atoms with Crippen LogP contribution in [-0.4, -0.2) is 20.1 Å². The van der Waals surface area contributed by atoms with E-state index in [9.17, 15) is 5.11 Å². The first-order valence-corrected chi connectivity index (χ1v) is 6.30. The van der Waals surface area contributed by atoms with Crippen molar-refractivity contribution in [3.63, 3.8) is 0 Å². The molecule has 3 aromatic rings. The van der Waals surface area contributed by atoms with Crippen LogP contribution in [0.25, 0.3) is 22.3 Å². The van der Waals surface area contributed by atoms with E-state index in [1.54, 1.807) is 0 Å². The minimum atomic E-state index is 0.0101. The molecule has 0 saturated heterocycles. The summed E-state index contributed by atoms with van der Waals surface area (Å²) in [6.07, 6.45) is 0. The van der Waals surface area contributed by atoms with Gasteiger partial charge in [0.05, 0.1) is 5.52 Å². The van der Waals surface area contributed by atoms with Crippen LogP contribution < -0.4 is 0 Å². The van der Waals surface area contributed by atoms with Crippen LogP contribution in [0.3, 0.4) is 0 Å². The number of aromatic hydroxyl groups is 1. The minimum absolute atomic E-state index is 0.0101. The third-order valence-electron chi connectivity index (χ3n) is 3.08. The molecule has 0 aliphatic heterocycles. The number of aromatic amines is 1. The second kappa shape index (κ2) is 4.39. The Morgan fingerprint density at radius 3 is 2.53 bits per heavy atom. The average Bonchev–Trinajstić information content (AvgIpc) is 2.84. The van der Waals surface area contributed by atoms with Crippen LogP contribution in [0.15, 0.2) is 36.4 Å². The standard InChI is InChI=1S/C15H15N3O/c1-9(2)14-17-12-8-11(10-6-4-3-5-7-10)16-13(12)15(19)18-14/h3-9,16H,1-2H3,(H,17,18,19). The molecule has 2 heterocycles. The molecule has 0 aliphatic carbocycles. The van der Waals surface area contributed by atoms with Crippen molar-refractivity contribution in [3.8, 4) is 17.1 Å². The molecule has 2 aromatic heterocycles. The van der Waals surface area contributed by atoms with Gasteiger partial charge < -0.3 is 10.1 Å². The third-order valence-corrected chi connectivity index (χ3v) is 3.08. The lowest BCUT2D eigenvalue weighted by atomic mass is 10.1. The number of rotatable bonds is 2. The molecule has 96 valence electrons. The zero-order chi connectivity index (χ0) is 13.4. The summed E-state index contributed by atoms with van der Waals surface area (Å²) >= 11 is 0. The lowest BCUT2D eigenvalue weighted by Crippen LogP contribution is -1.96. The zero-order valence-electron chi connectivity index (χ0n) is 10.9. The normalized spacial score (nSPS) is 11.3. The monoisotopic (exact) mass is 253 g/mol. The van der Waals surface area contributed by atoms with Crippen molar-refractivity contribution in [2.24, 2.45) is 0 Å². The molecular formula is C15H15N3O. The lowest BCUT2D eigenvalue weighted by Gasteiger charge is -2.03. The molecular weight excluding hydrogens is 238 g/mol. The number of benzene rings is 1. The van der Waals surface area contributed by atoms with Gasteiger partial charge in [-0.05, 0) is 11.6 Å². The molecule has 0 atom stereocenters. The number of nitrogens with one attached hydrogen (secondary N) is 1. The second-order valence-electron chi connectivity index (χ2n) is 4.87. The van der Waals surface area contributed by atoms with E-state index in [0.29, 0.717) is 11.3 Å².